The van der Waals surface area contributed by atoms with Gasteiger partial charge in [0, 0.05) is 11.8 Å². The summed E-state index contributed by atoms with van der Waals surface area (Å²) in [5, 5.41) is 18.7. The lowest BCUT2D eigenvalue weighted by atomic mass is 9.83. The zero-order valence-electron chi connectivity index (χ0n) is 6.18. The second-order valence-electron chi connectivity index (χ2n) is 3.23. The van der Waals surface area contributed by atoms with Crippen LogP contribution in [0.4, 0.5) is 0 Å². The molecule has 1 aliphatic heterocycles. The molecule has 0 aromatic heterocycles. The van der Waals surface area contributed by atoms with Crippen molar-refractivity contribution >= 4 is 0 Å². The summed E-state index contributed by atoms with van der Waals surface area (Å²) in [6.07, 6.45) is 2.26. The first kappa shape index (κ1) is 7.28. The lowest BCUT2D eigenvalue weighted by Gasteiger charge is -2.27. The molecule has 2 rings (SSSR count). The van der Waals surface area contributed by atoms with E-state index in [-0.39, 0.29) is 5.92 Å². The van der Waals surface area contributed by atoms with Gasteiger partial charge in [0.1, 0.15) is 0 Å². The molecule has 3 nitrogen and oxygen atoms in total. The first-order chi connectivity index (χ1) is 5.29. The van der Waals surface area contributed by atoms with Gasteiger partial charge < -0.3 is 14.9 Å². The number of ether oxygens (including phenoxy) is 1. The fourth-order valence-corrected chi connectivity index (χ4v) is 1.76. The summed E-state index contributed by atoms with van der Waals surface area (Å²) in [7, 11) is 0. The minimum atomic E-state index is -0.696. The maximum Gasteiger partial charge on any atom is 0.0983 e. The third-order valence-corrected chi connectivity index (χ3v) is 2.51. The Hall–Kier alpha value is -0.380. The van der Waals surface area contributed by atoms with E-state index in [1.807, 2.05) is 6.08 Å². The topological polar surface area (TPSA) is 49.7 Å². The van der Waals surface area contributed by atoms with E-state index in [2.05, 4.69) is 0 Å². The van der Waals surface area contributed by atoms with Crippen molar-refractivity contribution in [2.24, 2.45) is 11.8 Å². The number of fused-ring (bicyclic) bond motifs is 1. The van der Waals surface area contributed by atoms with Gasteiger partial charge in [-0.2, -0.15) is 0 Å². The molecular formula is C8H12O3. The average molecular weight is 156 g/mol. The summed E-state index contributed by atoms with van der Waals surface area (Å²) in [6.45, 7) is 1.26. The number of rotatable bonds is 0. The summed E-state index contributed by atoms with van der Waals surface area (Å²) in [6, 6.07) is 0. The van der Waals surface area contributed by atoms with Gasteiger partial charge in [-0.05, 0) is 0 Å². The summed E-state index contributed by atoms with van der Waals surface area (Å²) >= 11 is 0. The monoisotopic (exact) mass is 156 g/mol. The largest absolute Gasteiger partial charge is 0.390 e. The Morgan fingerprint density at radius 1 is 1.18 bits per heavy atom. The molecule has 4 atom stereocenters. The molecule has 11 heavy (non-hydrogen) atoms. The van der Waals surface area contributed by atoms with Crippen LogP contribution in [0, 0.1) is 11.8 Å². The number of aliphatic hydroxyl groups is 2. The fraction of sp³-hybridized carbons (Fsp3) is 0.750. The van der Waals surface area contributed by atoms with E-state index in [1.54, 1.807) is 6.08 Å². The number of hydrogen-bond donors (Lipinski definition) is 2. The first-order valence-electron chi connectivity index (χ1n) is 3.91. The van der Waals surface area contributed by atoms with Crippen LogP contribution < -0.4 is 0 Å². The second kappa shape index (κ2) is 2.59. The Morgan fingerprint density at radius 3 is 2.82 bits per heavy atom. The molecule has 0 spiro atoms. The third kappa shape index (κ3) is 1.09. The summed E-state index contributed by atoms with van der Waals surface area (Å²) in [5.41, 5.74) is 0. The van der Waals surface area contributed by atoms with Crippen molar-refractivity contribution in [1.82, 2.24) is 0 Å². The highest BCUT2D eigenvalue weighted by molar-refractivity contribution is 5.07. The molecule has 0 amide bonds. The van der Waals surface area contributed by atoms with E-state index >= 15 is 0 Å². The minimum Gasteiger partial charge on any atom is -0.390 e. The molecule has 62 valence electrons. The summed E-state index contributed by atoms with van der Waals surface area (Å²) in [5.74, 6) is 0.420. The highest BCUT2D eigenvalue weighted by Crippen LogP contribution is 2.30. The molecule has 3 heteroatoms. The number of hydrogen-bond acceptors (Lipinski definition) is 3. The van der Waals surface area contributed by atoms with Gasteiger partial charge in [-0.3, -0.25) is 0 Å². The average Bonchev–Trinajstić information content (AvgIpc) is 2.45. The molecule has 0 bridgehead atoms. The van der Waals surface area contributed by atoms with Crippen molar-refractivity contribution < 1.29 is 14.9 Å². The molecular weight excluding hydrogens is 144 g/mol. The molecule has 1 heterocycles. The van der Waals surface area contributed by atoms with E-state index in [0.29, 0.717) is 19.1 Å². The van der Waals surface area contributed by atoms with Crippen LogP contribution in [0.5, 0.6) is 0 Å². The molecule has 2 N–H and O–H groups in total. The van der Waals surface area contributed by atoms with E-state index in [4.69, 9.17) is 4.74 Å². The van der Waals surface area contributed by atoms with Crippen LogP contribution in [0.2, 0.25) is 0 Å². The van der Waals surface area contributed by atoms with Crippen molar-refractivity contribution in [1.29, 1.82) is 0 Å². The van der Waals surface area contributed by atoms with Crippen molar-refractivity contribution in [2.45, 2.75) is 12.2 Å². The maximum absolute atomic E-state index is 9.47. The molecule has 0 saturated carbocycles. The first-order valence-corrected chi connectivity index (χ1v) is 3.91. The van der Waals surface area contributed by atoms with Crippen molar-refractivity contribution in [3.63, 3.8) is 0 Å². The van der Waals surface area contributed by atoms with Gasteiger partial charge in [0.25, 0.3) is 0 Å². The van der Waals surface area contributed by atoms with Crippen LogP contribution in [0.15, 0.2) is 12.2 Å². The Bertz CT molecular complexity index is 178. The van der Waals surface area contributed by atoms with Crippen LogP contribution in [0.3, 0.4) is 0 Å². The zero-order chi connectivity index (χ0) is 7.84. The van der Waals surface area contributed by atoms with Gasteiger partial charge in [0.05, 0.1) is 25.4 Å². The Labute approximate surface area is 65.3 Å². The van der Waals surface area contributed by atoms with E-state index in [1.165, 1.54) is 0 Å². The van der Waals surface area contributed by atoms with Crippen LogP contribution in [-0.4, -0.2) is 35.6 Å². The highest BCUT2D eigenvalue weighted by atomic mass is 16.5. The second-order valence-corrected chi connectivity index (χ2v) is 3.23. The molecule has 0 aromatic rings. The molecule has 1 aliphatic carbocycles. The van der Waals surface area contributed by atoms with Crippen molar-refractivity contribution in [3.8, 4) is 0 Å². The van der Waals surface area contributed by atoms with Gasteiger partial charge in [0.2, 0.25) is 0 Å². The van der Waals surface area contributed by atoms with Crippen LogP contribution >= 0.6 is 0 Å². The quantitative estimate of drug-likeness (QED) is 0.467. The van der Waals surface area contributed by atoms with Gasteiger partial charge in [0.15, 0.2) is 0 Å². The van der Waals surface area contributed by atoms with Crippen LogP contribution in [0.25, 0.3) is 0 Å². The fourth-order valence-electron chi connectivity index (χ4n) is 1.76. The standard InChI is InChI=1S/C8H12O3/c9-7-2-1-5-3-11-4-6(5)8(7)10/h1-2,5-10H,3-4H2/t5-,6+,7+,8-/m1/s1. The smallest absolute Gasteiger partial charge is 0.0983 e. The minimum absolute atomic E-state index is 0.106. The van der Waals surface area contributed by atoms with Crippen molar-refractivity contribution in [2.75, 3.05) is 13.2 Å². The Morgan fingerprint density at radius 2 is 2.00 bits per heavy atom. The predicted octanol–water partition coefficient (Wildman–Crippen LogP) is -0.459. The van der Waals surface area contributed by atoms with E-state index in [0.717, 1.165) is 0 Å². The number of aliphatic hydroxyl groups excluding tert-OH is 2. The van der Waals surface area contributed by atoms with Crippen LogP contribution in [-0.2, 0) is 4.74 Å². The molecule has 2 aliphatic rings. The predicted molar refractivity (Wildman–Crippen MR) is 39.0 cm³/mol. The highest BCUT2D eigenvalue weighted by Gasteiger charge is 2.37. The lowest BCUT2D eigenvalue weighted by molar-refractivity contribution is -0.00718. The third-order valence-electron chi connectivity index (χ3n) is 2.51. The molecule has 1 saturated heterocycles. The summed E-state index contributed by atoms with van der Waals surface area (Å²) < 4.78 is 5.19. The van der Waals surface area contributed by atoms with Gasteiger partial charge >= 0.3 is 0 Å². The van der Waals surface area contributed by atoms with E-state index < -0.39 is 12.2 Å². The molecule has 0 unspecified atom stereocenters. The Balaban J connectivity index is 2.17. The Kier molecular flexibility index (Phi) is 1.71. The van der Waals surface area contributed by atoms with Gasteiger partial charge in [-0.25, -0.2) is 0 Å². The molecule has 1 fully saturated rings. The van der Waals surface area contributed by atoms with Gasteiger partial charge in [-0.15, -0.1) is 0 Å². The molecule has 0 radical (unpaired) electrons. The van der Waals surface area contributed by atoms with Gasteiger partial charge in [-0.1, -0.05) is 12.2 Å². The SMILES string of the molecule is O[C@@H]1[C@H]2COC[C@H]2C=C[C@@H]1O. The normalized spacial score (nSPS) is 49.3. The van der Waals surface area contributed by atoms with Crippen molar-refractivity contribution in [3.05, 3.63) is 12.2 Å². The zero-order valence-corrected chi connectivity index (χ0v) is 6.18. The van der Waals surface area contributed by atoms with E-state index in [9.17, 15) is 10.2 Å². The summed E-state index contributed by atoms with van der Waals surface area (Å²) in [4.78, 5) is 0. The lowest BCUT2D eigenvalue weighted by Crippen LogP contribution is -2.38. The maximum atomic E-state index is 9.47. The molecule has 0 aromatic carbocycles. The van der Waals surface area contributed by atoms with Crippen LogP contribution in [0.1, 0.15) is 0 Å².